The molecule has 0 aliphatic carbocycles. The van der Waals surface area contributed by atoms with Gasteiger partial charge in [-0.2, -0.15) is 10.2 Å². The van der Waals surface area contributed by atoms with Crippen molar-refractivity contribution >= 4 is 47.0 Å². The molecule has 0 aliphatic rings. The van der Waals surface area contributed by atoms with E-state index in [1.807, 2.05) is 121 Å². The van der Waals surface area contributed by atoms with Crippen LogP contribution in [0, 0.1) is 0 Å². The molecule has 57 heavy (non-hydrogen) atoms. The number of para-hydroxylation sites is 2. The van der Waals surface area contributed by atoms with Crippen molar-refractivity contribution in [3.63, 3.8) is 0 Å². The Hall–Kier alpha value is -6.63. The standard InChI is InChI=1S/2C22H16ClN3O2.Co/c2*23-16-11-12-20(27)19(13-16)24-14-18-21(15-7-3-1-4-8-15)25-26(22(18)28)17-9-5-2-6-10-17;/h2*1-14,27-28H;. The summed E-state index contributed by atoms with van der Waals surface area (Å²) in [4.78, 5) is 8.64. The fraction of sp³-hybridized carbons (Fsp3) is 0. The zero-order valence-electron chi connectivity index (χ0n) is 29.7. The maximum atomic E-state index is 10.8. The van der Waals surface area contributed by atoms with Crippen LogP contribution in [0.3, 0.4) is 0 Å². The molecule has 2 heterocycles. The summed E-state index contributed by atoms with van der Waals surface area (Å²) in [5.74, 6) is -0.0978. The number of nitrogens with zero attached hydrogens (tertiary/aromatic N) is 6. The van der Waals surface area contributed by atoms with E-state index in [1.54, 1.807) is 24.3 Å². The van der Waals surface area contributed by atoms with E-state index < -0.39 is 0 Å². The van der Waals surface area contributed by atoms with Gasteiger partial charge in [0, 0.05) is 50.4 Å². The molecule has 6 aromatic carbocycles. The van der Waals surface area contributed by atoms with E-state index in [2.05, 4.69) is 20.2 Å². The van der Waals surface area contributed by atoms with E-state index in [-0.39, 0.29) is 40.0 Å². The molecule has 8 aromatic rings. The molecule has 0 amide bonds. The third-order valence-corrected chi connectivity index (χ3v) is 8.90. The average molecular weight is 839 g/mol. The van der Waals surface area contributed by atoms with Gasteiger partial charge in [-0.1, -0.05) is 120 Å². The van der Waals surface area contributed by atoms with Gasteiger partial charge in [0.15, 0.2) is 0 Å². The van der Waals surface area contributed by atoms with E-state index in [9.17, 15) is 20.4 Å². The van der Waals surface area contributed by atoms with Gasteiger partial charge in [0.1, 0.15) is 34.3 Å². The first-order valence-corrected chi connectivity index (χ1v) is 17.9. The summed E-state index contributed by atoms with van der Waals surface area (Å²) >= 11 is 12.0. The van der Waals surface area contributed by atoms with Crippen LogP contribution < -0.4 is 0 Å². The summed E-state index contributed by atoms with van der Waals surface area (Å²) in [6.07, 6.45) is 2.96. The van der Waals surface area contributed by atoms with Crippen molar-refractivity contribution in [2.45, 2.75) is 0 Å². The van der Waals surface area contributed by atoms with Crippen LogP contribution in [-0.4, -0.2) is 52.4 Å². The minimum absolute atomic E-state index is 0. The molecular weight excluding hydrogens is 806 g/mol. The monoisotopic (exact) mass is 837 g/mol. The van der Waals surface area contributed by atoms with Crippen LogP contribution in [0.5, 0.6) is 23.3 Å². The number of phenolic OH excluding ortho intramolecular Hbond substituents is 2. The van der Waals surface area contributed by atoms with Crippen LogP contribution in [0.15, 0.2) is 168 Å². The summed E-state index contributed by atoms with van der Waals surface area (Å²) < 4.78 is 2.92. The summed E-state index contributed by atoms with van der Waals surface area (Å²) in [7, 11) is 0. The Morgan fingerprint density at radius 2 is 0.789 bits per heavy atom. The van der Waals surface area contributed by atoms with Gasteiger partial charge < -0.3 is 20.4 Å². The maximum Gasteiger partial charge on any atom is 0.223 e. The third kappa shape index (κ3) is 9.26. The first kappa shape index (κ1) is 40.0. The van der Waals surface area contributed by atoms with Crippen molar-refractivity contribution in [3.8, 4) is 57.1 Å². The van der Waals surface area contributed by atoms with Crippen molar-refractivity contribution in [3.05, 3.63) is 179 Å². The molecule has 13 heteroatoms. The Labute approximate surface area is 348 Å². The third-order valence-electron chi connectivity index (χ3n) is 8.43. The second-order valence-corrected chi connectivity index (χ2v) is 13.1. The average Bonchev–Trinajstić information content (AvgIpc) is 3.75. The minimum Gasteiger partial charge on any atom is -0.506 e. The van der Waals surface area contributed by atoms with Gasteiger partial charge in [-0.25, -0.2) is 9.36 Å². The largest absolute Gasteiger partial charge is 0.506 e. The molecule has 285 valence electrons. The Morgan fingerprint density at radius 1 is 0.456 bits per heavy atom. The minimum atomic E-state index is -0.0460. The van der Waals surface area contributed by atoms with Gasteiger partial charge in [0.2, 0.25) is 11.8 Å². The number of rotatable bonds is 8. The number of benzene rings is 6. The first-order valence-electron chi connectivity index (χ1n) is 17.2. The molecular formula is C44H32Cl2CoN6O4. The van der Waals surface area contributed by atoms with Crippen LogP contribution in [0.2, 0.25) is 10.0 Å². The second-order valence-electron chi connectivity index (χ2n) is 12.2. The van der Waals surface area contributed by atoms with Crippen LogP contribution in [0.4, 0.5) is 11.4 Å². The zero-order valence-corrected chi connectivity index (χ0v) is 32.3. The fourth-order valence-electron chi connectivity index (χ4n) is 5.67. The number of aliphatic imine (C=N–C) groups is 2. The predicted octanol–water partition coefficient (Wildman–Crippen LogP) is 10.7. The van der Waals surface area contributed by atoms with Crippen LogP contribution in [0.25, 0.3) is 33.9 Å². The normalized spacial score (nSPS) is 11.0. The Morgan fingerprint density at radius 3 is 1.14 bits per heavy atom. The molecule has 0 fully saturated rings. The van der Waals surface area contributed by atoms with Crippen molar-refractivity contribution in [1.82, 2.24) is 19.6 Å². The summed E-state index contributed by atoms with van der Waals surface area (Å²) in [5, 5.41) is 51.8. The fourth-order valence-corrected chi connectivity index (χ4v) is 6.00. The molecule has 8 rings (SSSR count). The van der Waals surface area contributed by atoms with Crippen molar-refractivity contribution in [1.29, 1.82) is 0 Å². The van der Waals surface area contributed by atoms with E-state index >= 15 is 0 Å². The molecule has 0 spiro atoms. The molecule has 1 radical (unpaired) electrons. The second kappa shape index (κ2) is 18.3. The molecule has 10 nitrogen and oxygen atoms in total. The Kier molecular flexibility index (Phi) is 12.9. The van der Waals surface area contributed by atoms with Gasteiger partial charge in [0.25, 0.3) is 0 Å². The number of aromatic nitrogens is 4. The number of halogens is 2. The van der Waals surface area contributed by atoms with Crippen LogP contribution in [0.1, 0.15) is 11.1 Å². The van der Waals surface area contributed by atoms with Crippen molar-refractivity contribution < 1.29 is 37.2 Å². The van der Waals surface area contributed by atoms with Crippen LogP contribution >= 0.6 is 23.2 Å². The van der Waals surface area contributed by atoms with E-state index in [0.717, 1.165) is 22.5 Å². The molecule has 0 aliphatic heterocycles. The smallest absolute Gasteiger partial charge is 0.223 e. The van der Waals surface area contributed by atoms with Gasteiger partial charge in [-0.15, -0.1) is 0 Å². The van der Waals surface area contributed by atoms with Crippen LogP contribution in [-0.2, 0) is 16.8 Å². The predicted molar refractivity (Wildman–Crippen MR) is 222 cm³/mol. The van der Waals surface area contributed by atoms with Crippen molar-refractivity contribution in [2.75, 3.05) is 0 Å². The topological polar surface area (TPSA) is 141 Å². The summed E-state index contributed by atoms with van der Waals surface area (Å²) in [6, 6.07) is 46.9. The summed E-state index contributed by atoms with van der Waals surface area (Å²) in [5.41, 5.74) is 5.76. The number of hydrogen-bond acceptors (Lipinski definition) is 8. The number of aromatic hydroxyl groups is 4. The van der Waals surface area contributed by atoms with E-state index in [1.165, 1.54) is 33.9 Å². The van der Waals surface area contributed by atoms with E-state index in [0.29, 0.717) is 43.9 Å². The Bertz CT molecular complexity index is 2470. The maximum absolute atomic E-state index is 10.8. The molecule has 4 N–H and O–H groups in total. The molecule has 0 atom stereocenters. The van der Waals surface area contributed by atoms with Gasteiger partial charge in [-0.05, 0) is 60.7 Å². The molecule has 0 saturated heterocycles. The SMILES string of the molecule is Oc1ccc(Cl)cc1N=Cc1c(-c2ccccc2)nn(-c2ccccc2)c1O.Oc1ccc(Cl)cc1N=Cc1c(-c2ccccc2)nn(-c2ccccc2)c1O.[Co]. The van der Waals surface area contributed by atoms with Gasteiger partial charge in [-0.3, -0.25) is 9.98 Å². The molecule has 0 unspecified atom stereocenters. The van der Waals surface area contributed by atoms with E-state index in [4.69, 9.17) is 23.2 Å². The summed E-state index contributed by atoms with van der Waals surface area (Å²) in [6.45, 7) is 0. The van der Waals surface area contributed by atoms with Gasteiger partial charge >= 0.3 is 0 Å². The molecule has 0 saturated carbocycles. The molecule has 0 bridgehead atoms. The molecule has 2 aromatic heterocycles. The van der Waals surface area contributed by atoms with Gasteiger partial charge in [0.05, 0.1) is 22.5 Å². The Balaban J connectivity index is 0.000000189. The number of hydrogen-bond donors (Lipinski definition) is 4. The van der Waals surface area contributed by atoms with Crippen molar-refractivity contribution in [2.24, 2.45) is 9.98 Å². The number of phenols is 2. The zero-order chi connectivity index (χ0) is 39.0. The quantitative estimate of drug-likeness (QED) is 0.112. The first-order chi connectivity index (χ1) is 27.3.